The molecule has 4 nitrogen and oxygen atoms in total. The summed E-state index contributed by atoms with van der Waals surface area (Å²) in [7, 11) is 0. The SMILES string of the molecule is CC(=O)CC(=O)N1CCCO1. The van der Waals surface area contributed by atoms with Crippen LogP contribution in [-0.4, -0.2) is 29.9 Å². The van der Waals surface area contributed by atoms with Gasteiger partial charge >= 0.3 is 0 Å². The average Bonchev–Trinajstić information content (AvgIpc) is 2.35. The zero-order valence-corrected chi connectivity index (χ0v) is 6.50. The van der Waals surface area contributed by atoms with Crippen molar-refractivity contribution in [3.05, 3.63) is 0 Å². The molecule has 0 aliphatic carbocycles. The van der Waals surface area contributed by atoms with Crippen molar-refractivity contribution in [3.8, 4) is 0 Å². The van der Waals surface area contributed by atoms with E-state index in [2.05, 4.69) is 0 Å². The molecule has 0 unspecified atom stereocenters. The summed E-state index contributed by atoms with van der Waals surface area (Å²) in [4.78, 5) is 26.5. The monoisotopic (exact) mass is 157 g/mol. The van der Waals surface area contributed by atoms with Crippen molar-refractivity contribution in [2.24, 2.45) is 0 Å². The molecule has 1 aliphatic heterocycles. The lowest BCUT2D eigenvalue weighted by Crippen LogP contribution is -2.27. The Morgan fingerprint density at radius 3 is 2.73 bits per heavy atom. The summed E-state index contributed by atoms with van der Waals surface area (Å²) in [6, 6.07) is 0. The Bertz CT molecular complexity index is 173. The van der Waals surface area contributed by atoms with Crippen molar-refractivity contribution in [2.45, 2.75) is 19.8 Å². The minimum Gasteiger partial charge on any atom is -0.299 e. The quantitative estimate of drug-likeness (QED) is 0.535. The molecule has 0 aromatic heterocycles. The van der Waals surface area contributed by atoms with Crippen molar-refractivity contribution in [2.75, 3.05) is 13.2 Å². The summed E-state index contributed by atoms with van der Waals surface area (Å²) in [6.07, 6.45) is 0.823. The Labute approximate surface area is 65.1 Å². The van der Waals surface area contributed by atoms with Crippen LogP contribution in [0, 0.1) is 0 Å². The van der Waals surface area contributed by atoms with Crippen molar-refractivity contribution in [1.82, 2.24) is 5.06 Å². The fourth-order valence-electron chi connectivity index (χ4n) is 0.945. The predicted molar refractivity (Wildman–Crippen MR) is 37.6 cm³/mol. The van der Waals surface area contributed by atoms with Crippen LogP contribution in [0.2, 0.25) is 0 Å². The summed E-state index contributed by atoms with van der Waals surface area (Å²) in [5.74, 6) is -0.347. The summed E-state index contributed by atoms with van der Waals surface area (Å²) < 4.78 is 0. The van der Waals surface area contributed by atoms with Crippen LogP contribution in [0.3, 0.4) is 0 Å². The minimum atomic E-state index is -0.227. The Morgan fingerprint density at radius 2 is 2.27 bits per heavy atom. The third kappa shape index (κ3) is 2.31. The van der Waals surface area contributed by atoms with Crippen molar-refractivity contribution < 1.29 is 14.4 Å². The molecule has 0 bridgehead atoms. The Morgan fingerprint density at radius 1 is 1.55 bits per heavy atom. The van der Waals surface area contributed by atoms with Crippen molar-refractivity contribution in [3.63, 3.8) is 0 Å². The van der Waals surface area contributed by atoms with Gasteiger partial charge in [-0.05, 0) is 13.3 Å². The molecule has 4 heteroatoms. The maximum atomic E-state index is 11.0. The van der Waals surface area contributed by atoms with Crippen molar-refractivity contribution >= 4 is 11.7 Å². The minimum absolute atomic E-state index is 0.0417. The first kappa shape index (κ1) is 8.20. The number of nitrogens with zero attached hydrogens (tertiary/aromatic N) is 1. The van der Waals surface area contributed by atoms with E-state index in [1.54, 1.807) is 0 Å². The van der Waals surface area contributed by atoms with Gasteiger partial charge in [-0.25, -0.2) is 5.06 Å². The van der Waals surface area contributed by atoms with E-state index in [0.29, 0.717) is 13.2 Å². The summed E-state index contributed by atoms with van der Waals surface area (Å²) >= 11 is 0. The first-order chi connectivity index (χ1) is 5.20. The van der Waals surface area contributed by atoms with Crippen LogP contribution in [0.5, 0.6) is 0 Å². The highest BCUT2D eigenvalue weighted by Crippen LogP contribution is 2.05. The van der Waals surface area contributed by atoms with Gasteiger partial charge in [-0.3, -0.25) is 14.4 Å². The van der Waals surface area contributed by atoms with Gasteiger partial charge in [0.1, 0.15) is 5.78 Å². The van der Waals surface area contributed by atoms with Crippen LogP contribution >= 0.6 is 0 Å². The highest BCUT2D eigenvalue weighted by Gasteiger charge is 2.19. The van der Waals surface area contributed by atoms with E-state index in [0.717, 1.165) is 6.42 Å². The zero-order chi connectivity index (χ0) is 8.27. The molecule has 1 saturated heterocycles. The molecule has 62 valence electrons. The number of amides is 1. The second-order valence-corrected chi connectivity index (χ2v) is 2.56. The van der Waals surface area contributed by atoms with Gasteiger partial charge in [-0.15, -0.1) is 0 Å². The van der Waals surface area contributed by atoms with Gasteiger partial charge in [-0.1, -0.05) is 0 Å². The van der Waals surface area contributed by atoms with Crippen LogP contribution < -0.4 is 0 Å². The Kier molecular flexibility index (Phi) is 2.59. The number of hydrogen-bond donors (Lipinski definition) is 0. The normalized spacial score (nSPS) is 17.0. The molecule has 0 saturated carbocycles. The van der Waals surface area contributed by atoms with Gasteiger partial charge in [0, 0.05) is 0 Å². The third-order valence-corrected chi connectivity index (χ3v) is 1.43. The molecular weight excluding hydrogens is 146 g/mol. The highest BCUT2D eigenvalue weighted by molar-refractivity contribution is 5.96. The van der Waals surface area contributed by atoms with Gasteiger partial charge in [0.05, 0.1) is 19.6 Å². The van der Waals surface area contributed by atoms with Crippen LogP contribution in [0.25, 0.3) is 0 Å². The predicted octanol–water partition coefficient (Wildman–Crippen LogP) is 0.129. The van der Waals surface area contributed by atoms with Gasteiger partial charge in [0.25, 0.3) is 5.91 Å². The van der Waals surface area contributed by atoms with Crippen LogP contribution in [0.1, 0.15) is 19.8 Å². The molecule has 1 rings (SSSR count). The van der Waals surface area contributed by atoms with Crippen molar-refractivity contribution in [1.29, 1.82) is 0 Å². The third-order valence-electron chi connectivity index (χ3n) is 1.43. The van der Waals surface area contributed by atoms with Gasteiger partial charge in [0.2, 0.25) is 0 Å². The number of Topliss-reactive ketones (excluding diaryl/α,β-unsaturated/α-hetero) is 1. The van der Waals surface area contributed by atoms with E-state index in [4.69, 9.17) is 4.84 Å². The lowest BCUT2D eigenvalue weighted by atomic mass is 10.3. The van der Waals surface area contributed by atoms with Gasteiger partial charge < -0.3 is 0 Å². The summed E-state index contributed by atoms with van der Waals surface area (Å²) in [5, 5.41) is 1.27. The smallest absolute Gasteiger partial charge is 0.253 e. The highest BCUT2D eigenvalue weighted by atomic mass is 16.7. The lowest BCUT2D eigenvalue weighted by molar-refractivity contribution is -0.169. The molecule has 1 heterocycles. The molecule has 0 atom stereocenters. The molecule has 0 aromatic carbocycles. The molecule has 1 aliphatic rings. The number of carbonyl (C=O) groups is 2. The van der Waals surface area contributed by atoms with E-state index >= 15 is 0 Å². The number of hydrogen-bond acceptors (Lipinski definition) is 3. The molecule has 1 amide bonds. The Balaban J connectivity index is 2.34. The molecule has 0 spiro atoms. The largest absolute Gasteiger partial charge is 0.299 e. The first-order valence-electron chi connectivity index (χ1n) is 3.63. The molecule has 1 fully saturated rings. The van der Waals surface area contributed by atoms with E-state index in [1.807, 2.05) is 0 Å². The first-order valence-corrected chi connectivity index (χ1v) is 3.63. The lowest BCUT2D eigenvalue weighted by Gasteiger charge is -2.11. The molecule has 0 aromatic rings. The number of rotatable bonds is 2. The second-order valence-electron chi connectivity index (χ2n) is 2.56. The topological polar surface area (TPSA) is 46.6 Å². The molecule has 0 N–H and O–H groups in total. The van der Waals surface area contributed by atoms with E-state index in [1.165, 1.54) is 12.0 Å². The van der Waals surface area contributed by atoms with E-state index in [-0.39, 0.29) is 18.1 Å². The maximum absolute atomic E-state index is 11.0. The van der Waals surface area contributed by atoms with E-state index < -0.39 is 0 Å². The number of carbonyl (C=O) groups excluding carboxylic acids is 2. The fourth-order valence-corrected chi connectivity index (χ4v) is 0.945. The van der Waals surface area contributed by atoms with Crippen LogP contribution in [-0.2, 0) is 14.4 Å². The second kappa shape index (κ2) is 3.48. The van der Waals surface area contributed by atoms with Gasteiger partial charge in [-0.2, -0.15) is 0 Å². The Hall–Kier alpha value is -0.900. The zero-order valence-electron chi connectivity index (χ0n) is 6.50. The number of hydroxylamine groups is 2. The van der Waals surface area contributed by atoms with Crippen LogP contribution in [0.4, 0.5) is 0 Å². The standard InChI is InChI=1S/C7H11NO3/c1-6(9)5-7(10)8-3-2-4-11-8/h2-5H2,1H3. The summed E-state index contributed by atoms with van der Waals surface area (Å²) in [6.45, 7) is 2.60. The summed E-state index contributed by atoms with van der Waals surface area (Å²) in [5.41, 5.74) is 0. The number of ketones is 1. The molecule has 11 heavy (non-hydrogen) atoms. The van der Waals surface area contributed by atoms with E-state index in [9.17, 15) is 9.59 Å². The fraction of sp³-hybridized carbons (Fsp3) is 0.714. The molecular formula is C7H11NO3. The average molecular weight is 157 g/mol. The van der Waals surface area contributed by atoms with Gasteiger partial charge in [0.15, 0.2) is 0 Å². The van der Waals surface area contributed by atoms with Crippen LogP contribution in [0.15, 0.2) is 0 Å². The molecule has 0 radical (unpaired) electrons. The maximum Gasteiger partial charge on any atom is 0.253 e.